The standard InChI is InChI=1S/C19H27N5O2S/c1-15-19(16(2)24(21-15)18-6-12-27(25,26)14-18)23-10-8-22(9-11-23)13-17-5-3-4-7-20-17/h3-5,7,18H,6,8-14H2,1-2H3. The van der Waals surface area contributed by atoms with Crippen LogP contribution in [0.25, 0.3) is 0 Å². The maximum Gasteiger partial charge on any atom is 0.152 e. The van der Waals surface area contributed by atoms with Crippen LogP contribution in [0.15, 0.2) is 24.4 Å². The van der Waals surface area contributed by atoms with Gasteiger partial charge in [-0.05, 0) is 32.4 Å². The third kappa shape index (κ3) is 3.87. The first-order chi connectivity index (χ1) is 12.9. The van der Waals surface area contributed by atoms with Gasteiger partial charge in [0.05, 0.1) is 40.3 Å². The summed E-state index contributed by atoms with van der Waals surface area (Å²) < 4.78 is 25.6. The number of piperazine rings is 1. The zero-order chi connectivity index (χ0) is 19.0. The summed E-state index contributed by atoms with van der Waals surface area (Å²) in [4.78, 5) is 9.24. The first-order valence-corrected chi connectivity index (χ1v) is 11.4. The Bertz CT molecular complexity index is 902. The molecule has 2 aromatic rings. The second-order valence-corrected chi connectivity index (χ2v) is 9.83. The Kier molecular flexibility index (Phi) is 4.94. The zero-order valence-electron chi connectivity index (χ0n) is 16.0. The zero-order valence-corrected chi connectivity index (χ0v) is 16.8. The second-order valence-electron chi connectivity index (χ2n) is 7.61. The number of anilines is 1. The lowest BCUT2D eigenvalue weighted by Crippen LogP contribution is -2.46. The Morgan fingerprint density at radius 2 is 1.93 bits per heavy atom. The van der Waals surface area contributed by atoms with Gasteiger partial charge in [0.2, 0.25) is 0 Å². The third-order valence-electron chi connectivity index (χ3n) is 5.64. The van der Waals surface area contributed by atoms with E-state index in [1.807, 2.05) is 29.9 Å². The highest BCUT2D eigenvalue weighted by molar-refractivity contribution is 7.91. The van der Waals surface area contributed by atoms with E-state index in [4.69, 9.17) is 5.10 Å². The summed E-state index contributed by atoms with van der Waals surface area (Å²) in [5.41, 5.74) is 4.37. The molecule has 0 radical (unpaired) electrons. The molecule has 1 unspecified atom stereocenters. The van der Waals surface area contributed by atoms with Gasteiger partial charge in [-0.2, -0.15) is 5.10 Å². The van der Waals surface area contributed by atoms with Crippen LogP contribution in [0.5, 0.6) is 0 Å². The molecule has 27 heavy (non-hydrogen) atoms. The van der Waals surface area contributed by atoms with Crippen molar-refractivity contribution < 1.29 is 8.42 Å². The molecule has 2 aliphatic heterocycles. The van der Waals surface area contributed by atoms with E-state index in [0.717, 1.165) is 49.8 Å². The van der Waals surface area contributed by atoms with Gasteiger partial charge >= 0.3 is 0 Å². The van der Waals surface area contributed by atoms with Gasteiger partial charge in [0, 0.05) is 38.9 Å². The van der Waals surface area contributed by atoms with Crippen LogP contribution in [0.2, 0.25) is 0 Å². The fourth-order valence-corrected chi connectivity index (χ4v) is 5.98. The number of aromatic nitrogens is 3. The molecular weight excluding hydrogens is 362 g/mol. The quantitative estimate of drug-likeness (QED) is 0.791. The van der Waals surface area contributed by atoms with Crippen molar-refractivity contribution in [1.82, 2.24) is 19.7 Å². The maximum absolute atomic E-state index is 11.8. The normalized spacial score (nSPS) is 23.0. The molecule has 1 atom stereocenters. The largest absolute Gasteiger partial charge is 0.366 e. The van der Waals surface area contributed by atoms with Gasteiger partial charge < -0.3 is 4.90 Å². The number of hydrogen-bond acceptors (Lipinski definition) is 6. The van der Waals surface area contributed by atoms with Crippen molar-refractivity contribution in [3.8, 4) is 0 Å². The van der Waals surface area contributed by atoms with Crippen LogP contribution in [-0.2, 0) is 16.4 Å². The first-order valence-electron chi connectivity index (χ1n) is 9.56. The van der Waals surface area contributed by atoms with Crippen LogP contribution in [-0.4, -0.2) is 65.8 Å². The highest BCUT2D eigenvalue weighted by atomic mass is 32.2. The monoisotopic (exact) mass is 389 g/mol. The number of aryl methyl sites for hydroxylation is 1. The van der Waals surface area contributed by atoms with Gasteiger partial charge in [0.25, 0.3) is 0 Å². The molecule has 7 nitrogen and oxygen atoms in total. The Balaban J connectivity index is 1.44. The molecule has 2 aromatic heterocycles. The Morgan fingerprint density at radius 3 is 2.56 bits per heavy atom. The van der Waals surface area contributed by atoms with Gasteiger partial charge in [0.15, 0.2) is 9.84 Å². The van der Waals surface area contributed by atoms with E-state index in [1.165, 1.54) is 5.69 Å². The highest BCUT2D eigenvalue weighted by Crippen LogP contribution is 2.31. The summed E-state index contributed by atoms with van der Waals surface area (Å²) in [6.07, 6.45) is 2.51. The molecule has 2 fully saturated rings. The average molecular weight is 390 g/mol. The molecule has 0 bridgehead atoms. The maximum atomic E-state index is 11.8. The van der Waals surface area contributed by atoms with Crippen LogP contribution >= 0.6 is 0 Å². The van der Waals surface area contributed by atoms with E-state index in [1.54, 1.807) is 0 Å². The molecule has 4 rings (SSSR count). The number of rotatable bonds is 4. The third-order valence-corrected chi connectivity index (χ3v) is 7.39. The van der Waals surface area contributed by atoms with Gasteiger partial charge in [-0.3, -0.25) is 14.6 Å². The van der Waals surface area contributed by atoms with E-state index >= 15 is 0 Å². The van der Waals surface area contributed by atoms with Crippen molar-refractivity contribution in [2.75, 3.05) is 42.6 Å². The number of hydrogen-bond donors (Lipinski definition) is 0. The summed E-state index contributed by atoms with van der Waals surface area (Å²) >= 11 is 0. The van der Waals surface area contributed by atoms with E-state index < -0.39 is 9.84 Å². The van der Waals surface area contributed by atoms with Crippen LogP contribution in [0.3, 0.4) is 0 Å². The van der Waals surface area contributed by atoms with Gasteiger partial charge in [-0.1, -0.05) is 6.07 Å². The number of sulfone groups is 1. The van der Waals surface area contributed by atoms with Crippen molar-refractivity contribution in [3.63, 3.8) is 0 Å². The van der Waals surface area contributed by atoms with E-state index in [-0.39, 0.29) is 17.5 Å². The molecule has 8 heteroatoms. The predicted octanol–water partition coefficient (Wildman–Crippen LogP) is 1.58. The van der Waals surface area contributed by atoms with Crippen molar-refractivity contribution in [1.29, 1.82) is 0 Å². The predicted molar refractivity (Wildman–Crippen MR) is 106 cm³/mol. The first kappa shape index (κ1) is 18.4. The minimum Gasteiger partial charge on any atom is -0.366 e. The number of pyridine rings is 1. The summed E-state index contributed by atoms with van der Waals surface area (Å²) in [5, 5.41) is 4.71. The van der Waals surface area contributed by atoms with Gasteiger partial charge in [-0.25, -0.2) is 8.42 Å². The van der Waals surface area contributed by atoms with Crippen molar-refractivity contribution in [2.24, 2.45) is 0 Å². The fourth-order valence-electron chi connectivity index (χ4n) is 4.29. The van der Waals surface area contributed by atoms with E-state index in [0.29, 0.717) is 6.42 Å². The molecular formula is C19H27N5O2S. The molecule has 0 N–H and O–H groups in total. The second kappa shape index (κ2) is 7.24. The highest BCUT2D eigenvalue weighted by Gasteiger charge is 2.32. The molecule has 0 spiro atoms. The molecule has 2 aliphatic rings. The lowest BCUT2D eigenvalue weighted by Gasteiger charge is -2.36. The topological polar surface area (TPSA) is 71.3 Å². The molecule has 0 saturated carbocycles. The van der Waals surface area contributed by atoms with Gasteiger partial charge in [0.1, 0.15) is 0 Å². The average Bonchev–Trinajstić information content (AvgIpc) is 3.15. The van der Waals surface area contributed by atoms with Crippen molar-refractivity contribution in [2.45, 2.75) is 32.9 Å². The SMILES string of the molecule is Cc1nn(C2CCS(=O)(=O)C2)c(C)c1N1CCN(Cc2ccccn2)CC1. The lowest BCUT2D eigenvalue weighted by molar-refractivity contribution is 0.247. The molecule has 2 saturated heterocycles. The van der Waals surface area contributed by atoms with Crippen LogP contribution < -0.4 is 4.90 Å². The van der Waals surface area contributed by atoms with Crippen LogP contribution in [0.1, 0.15) is 29.5 Å². The minimum atomic E-state index is -2.91. The summed E-state index contributed by atoms with van der Waals surface area (Å²) in [6.45, 7) is 8.85. The van der Waals surface area contributed by atoms with Crippen LogP contribution in [0.4, 0.5) is 5.69 Å². The molecule has 4 heterocycles. The number of nitrogens with zero attached hydrogens (tertiary/aromatic N) is 5. The minimum absolute atomic E-state index is 0.0205. The van der Waals surface area contributed by atoms with Crippen molar-refractivity contribution >= 4 is 15.5 Å². The Morgan fingerprint density at radius 1 is 1.15 bits per heavy atom. The smallest absolute Gasteiger partial charge is 0.152 e. The van der Waals surface area contributed by atoms with Crippen molar-refractivity contribution in [3.05, 3.63) is 41.5 Å². The van der Waals surface area contributed by atoms with E-state index in [9.17, 15) is 8.42 Å². The Labute approximate surface area is 160 Å². The Hall–Kier alpha value is -1.93. The molecule has 146 valence electrons. The lowest BCUT2D eigenvalue weighted by atomic mass is 10.2. The molecule has 0 aromatic carbocycles. The molecule has 0 amide bonds. The van der Waals surface area contributed by atoms with Crippen LogP contribution in [0, 0.1) is 13.8 Å². The summed E-state index contributed by atoms with van der Waals surface area (Å²) in [7, 11) is -2.91. The summed E-state index contributed by atoms with van der Waals surface area (Å²) in [6, 6.07) is 6.02. The fraction of sp³-hybridized carbons (Fsp3) is 0.579. The van der Waals surface area contributed by atoms with Gasteiger partial charge in [-0.15, -0.1) is 0 Å². The summed E-state index contributed by atoms with van der Waals surface area (Å²) in [5.74, 6) is 0.490. The molecule has 0 aliphatic carbocycles. The van der Waals surface area contributed by atoms with E-state index in [2.05, 4.69) is 27.8 Å².